The molecule has 2 aromatic carbocycles. The van der Waals surface area contributed by atoms with Crippen molar-refractivity contribution < 1.29 is 13.2 Å². The quantitative estimate of drug-likeness (QED) is 0.895. The van der Waals surface area contributed by atoms with Gasteiger partial charge in [-0.3, -0.25) is 4.79 Å². The summed E-state index contributed by atoms with van der Waals surface area (Å²) in [6.07, 6.45) is 1.61. The lowest BCUT2D eigenvalue weighted by atomic mass is 10.0. The number of nitrogens with one attached hydrogen (secondary N) is 1. The zero-order valence-electron chi connectivity index (χ0n) is 15.3. The normalized spacial score (nSPS) is 15.4. The van der Waals surface area contributed by atoms with E-state index in [-0.39, 0.29) is 16.8 Å². The lowest BCUT2D eigenvalue weighted by Crippen LogP contribution is -2.34. The molecule has 0 aliphatic carbocycles. The van der Waals surface area contributed by atoms with Crippen molar-refractivity contribution in [1.82, 2.24) is 4.72 Å². The molecule has 1 amide bonds. The molecule has 5 nitrogen and oxygen atoms in total. The Morgan fingerprint density at radius 2 is 1.92 bits per heavy atom. The lowest BCUT2D eigenvalue weighted by Gasteiger charge is -2.29. The van der Waals surface area contributed by atoms with E-state index < -0.39 is 10.0 Å². The number of amides is 1. The largest absolute Gasteiger partial charge is 0.312 e. The molecular weight excluding hydrogens is 348 g/mol. The number of anilines is 1. The summed E-state index contributed by atoms with van der Waals surface area (Å²) in [5.41, 5.74) is 3.72. The van der Waals surface area contributed by atoms with Crippen molar-refractivity contribution >= 4 is 21.6 Å². The summed E-state index contributed by atoms with van der Waals surface area (Å²) < 4.78 is 28.4. The number of hydrogen-bond donors (Lipinski definition) is 1. The minimum absolute atomic E-state index is 0.0205. The second-order valence-electron chi connectivity index (χ2n) is 6.76. The van der Waals surface area contributed by atoms with Gasteiger partial charge in [0.15, 0.2) is 0 Å². The summed E-state index contributed by atoms with van der Waals surface area (Å²) in [6.45, 7) is 6.02. The van der Waals surface area contributed by atoms with E-state index in [0.29, 0.717) is 6.54 Å². The molecule has 0 aromatic heterocycles. The highest BCUT2D eigenvalue weighted by atomic mass is 32.2. The predicted octanol–water partition coefficient (Wildman–Crippen LogP) is 3.33. The standard InChI is InChI=1S/C20H24N2O3S/c1-14-7-4-5-9-19(14)15(2)21-26(24,25)18-10-11-20-17(13-18)8-6-12-22(20)16(3)23/h4-5,7,9-11,13,15,21H,6,8,12H2,1-3H3/t15-/m0/s1. The molecule has 3 rings (SSSR count). The average Bonchev–Trinajstić information content (AvgIpc) is 2.60. The Hall–Kier alpha value is -2.18. The van der Waals surface area contributed by atoms with Gasteiger partial charge in [-0.05, 0) is 61.6 Å². The first-order valence-electron chi connectivity index (χ1n) is 8.78. The highest BCUT2D eigenvalue weighted by Gasteiger charge is 2.24. The molecule has 138 valence electrons. The van der Waals surface area contributed by atoms with E-state index in [9.17, 15) is 13.2 Å². The number of hydrogen-bond acceptors (Lipinski definition) is 3. The maximum Gasteiger partial charge on any atom is 0.241 e. The minimum atomic E-state index is -3.65. The summed E-state index contributed by atoms with van der Waals surface area (Å²) in [6, 6.07) is 12.4. The number of aryl methyl sites for hydroxylation is 2. The molecule has 26 heavy (non-hydrogen) atoms. The maximum absolute atomic E-state index is 12.8. The van der Waals surface area contributed by atoms with Crippen molar-refractivity contribution in [1.29, 1.82) is 0 Å². The van der Waals surface area contributed by atoms with E-state index in [1.807, 2.05) is 38.1 Å². The van der Waals surface area contributed by atoms with Gasteiger partial charge in [0.2, 0.25) is 15.9 Å². The number of carbonyl (C=O) groups is 1. The Bertz CT molecular complexity index is 938. The van der Waals surface area contributed by atoms with Gasteiger partial charge in [0, 0.05) is 25.2 Å². The lowest BCUT2D eigenvalue weighted by molar-refractivity contribution is -0.116. The van der Waals surface area contributed by atoms with Crippen LogP contribution in [0.4, 0.5) is 5.69 Å². The summed E-state index contributed by atoms with van der Waals surface area (Å²) in [5, 5.41) is 0. The maximum atomic E-state index is 12.8. The van der Waals surface area contributed by atoms with Crippen LogP contribution in [0.15, 0.2) is 47.4 Å². The molecular formula is C20H24N2O3S. The van der Waals surface area contributed by atoms with Gasteiger partial charge in [-0.2, -0.15) is 0 Å². The zero-order chi connectivity index (χ0) is 18.9. The smallest absolute Gasteiger partial charge is 0.241 e. The van der Waals surface area contributed by atoms with Crippen molar-refractivity contribution in [2.45, 2.75) is 44.6 Å². The highest BCUT2D eigenvalue weighted by Crippen LogP contribution is 2.30. The fraction of sp³-hybridized carbons (Fsp3) is 0.350. The first-order chi connectivity index (χ1) is 12.3. The molecule has 2 aromatic rings. The SMILES string of the molecule is CC(=O)N1CCCc2cc(S(=O)(=O)N[C@@H](C)c3ccccc3C)ccc21. The Balaban J connectivity index is 1.88. The Morgan fingerprint density at radius 1 is 1.19 bits per heavy atom. The zero-order valence-corrected chi connectivity index (χ0v) is 16.1. The number of fused-ring (bicyclic) bond motifs is 1. The predicted molar refractivity (Wildman–Crippen MR) is 103 cm³/mol. The van der Waals surface area contributed by atoms with Crippen LogP contribution in [-0.4, -0.2) is 20.9 Å². The van der Waals surface area contributed by atoms with Crippen LogP contribution in [0, 0.1) is 6.92 Å². The molecule has 0 spiro atoms. The van der Waals surface area contributed by atoms with Crippen molar-refractivity contribution in [2.24, 2.45) is 0 Å². The molecule has 0 saturated heterocycles. The Labute approximate surface area is 155 Å². The van der Waals surface area contributed by atoms with Gasteiger partial charge in [0.1, 0.15) is 0 Å². The number of rotatable bonds is 4. The second kappa shape index (κ2) is 7.21. The van der Waals surface area contributed by atoms with Crippen LogP contribution >= 0.6 is 0 Å². The molecule has 1 N–H and O–H groups in total. The Kier molecular flexibility index (Phi) is 5.16. The van der Waals surface area contributed by atoms with Crippen LogP contribution in [0.5, 0.6) is 0 Å². The molecule has 1 aliphatic rings. The van der Waals surface area contributed by atoms with E-state index in [2.05, 4.69) is 4.72 Å². The van der Waals surface area contributed by atoms with Crippen molar-refractivity contribution in [2.75, 3.05) is 11.4 Å². The molecule has 0 bridgehead atoms. The van der Waals surface area contributed by atoms with E-state index in [1.165, 1.54) is 6.92 Å². The third-order valence-corrected chi connectivity index (χ3v) is 6.39. The van der Waals surface area contributed by atoms with Gasteiger partial charge in [0.05, 0.1) is 4.90 Å². The number of carbonyl (C=O) groups excluding carboxylic acids is 1. The number of nitrogens with zero attached hydrogens (tertiary/aromatic N) is 1. The van der Waals surface area contributed by atoms with Gasteiger partial charge in [0.25, 0.3) is 0 Å². The number of sulfonamides is 1. The van der Waals surface area contributed by atoms with Crippen LogP contribution < -0.4 is 9.62 Å². The molecule has 0 unspecified atom stereocenters. The van der Waals surface area contributed by atoms with Crippen molar-refractivity contribution in [3.05, 3.63) is 59.2 Å². The van der Waals surface area contributed by atoms with E-state index in [0.717, 1.165) is 35.2 Å². The summed E-state index contributed by atoms with van der Waals surface area (Å²) >= 11 is 0. The summed E-state index contributed by atoms with van der Waals surface area (Å²) in [4.78, 5) is 13.7. The van der Waals surface area contributed by atoms with E-state index in [4.69, 9.17) is 0 Å². The average molecular weight is 372 g/mol. The molecule has 1 atom stereocenters. The van der Waals surface area contributed by atoms with Gasteiger partial charge < -0.3 is 4.90 Å². The van der Waals surface area contributed by atoms with Crippen LogP contribution in [0.1, 0.15) is 43.0 Å². The highest BCUT2D eigenvalue weighted by molar-refractivity contribution is 7.89. The minimum Gasteiger partial charge on any atom is -0.312 e. The van der Waals surface area contributed by atoms with Gasteiger partial charge in [-0.25, -0.2) is 13.1 Å². The third-order valence-electron chi connectivity index (χ3n) is 4.85. The fourth-order valence-electron chi connectivity index (χ4n) is 3.50. The third kappa shape index (κ3) is 3.66. The van der Waals surface area contributed by atoms with Gasteiger partial charge >= 0.3 is 0 Å². The summed E-state index contributed by atoms with van der Waals surface area (Å²) in [5.74, 6) is -0.0205. The molecule has 0 saturated carbocycles. The van der Waals surface area contributed by atoms with Gasteiger partial charge in [-0.15, -0.1) is 0 Å². The molecule has 1 aliphatic heterocycles. The Morgan fingerprint density at radius 3 is 2.62 bits per heavy atom. The molecule has 6 heteroatoms. The molecule has 1 heterocycles. The topological polar surface area (TPSA) is 66.5 Å². The number of benzene rings is 2. The van der Waals surface area contributed by atoms with Crippen molar-refractivity contribution in [3.8, 4) is 0 Å². The second-order valence-corrected chi connectivity index (χ2v) is 8.48. The van der Waals surface area contributed by atoms with Crippen molar-refractivity contribution in [3.63, 3.8) is 0 Å². The van der Waals surface area contributed by atoms with Crippen LogP contribution in [-0.2, 0) is 21.2 Å². The monoisotopic (exact) mass is 372 g/mol. The first-order valence-corrected chi connectivity index (χ1v) is 10.3. The molecule has 0 fully saturated rings. The van der Waals surface area contributed by atoms with Crippen LogP contribution in [0.25, 0.3) is 0 Å². The first kappa shape index (κ1) is 18.6. The molecule has 0 radical (unpaired) electrons. The van der Waals surface area contributed by atoms with E-state index >= 15 is 0 Å². The van der Waals surface area contributed by atoms with Gasteiger partial charge in [-0.1, -0.05) is 24.3 Å². The van der Waals surface area contributed by atoms with Crippen LogP contribution in [0.3, 0.4) is 0 Å². The summed E-state index contributed by atoms with van der Waals surface area (Å²) in [7, 11) is -3.65. The van der Waals surface area contributed by atoms with E-state index in [1.54, 1.807) is 23.1 Å². The van der Waals surface area contributed by atoms with Crippen LogP contribution in [0.2, 0.25) is 0 Å². The fourth-order valence-corrected chi connectivity index (χ4v) is 4.78.